The molecule has 0 aromatic carbocycles. The number of nitrogens with zero attached hydrogens (tertiary/aromatic N) is 4. The van der Waals surface area contributed by atoms with Gasteiger partial charge in [-0.1, -0.05) is 13.0 Å². The highest BCUT2D eigenvalue weighted by atomic mass is 16.6. The van der Waals surface area contributed by atoms with E-state index >= 15 is 0 Å². The van der Waals surface area contributed by atoms with Crippen LogP contribution in [-0.4, -0.2) is 25.6 Å². The highest BCUT2D eigenvalue weighted by molar-refractivity contribution is 5.76. The van der Waals surface area contributed by atoms with Crippen LogP contribution in [0.15, 0.2) is 36.8 Å². The van der Waals surface area contributed by atoms with E-state index in [9.17, 15) is 14.9 Å². The maximum Gasteiger partial charge on any atom is 0.307 e. The van der Waals surface area contributed by atoms with Gasteiger partial charge in [0.15, 0.2) is 0 Å². The topological polar surface area (TPSA) is 103 Å². The lowest BCUT2D eigenvalue weighted by Crippen LogP contribution is -2.31. The molecule has 0 aliphatic rings. The van der Waals surface area contributed by atoms with Crippen molar-refractivity contribution in [3.8, 4) is 0 Å². The van der Waals surface area contributed by atoms with Crippen LogP contribution in [0.2, 0.25) is 0 Å². The van der Waals surface area contributed by atoms with Crippen LogP contribution >= 0.6 is 0 Å². The van der Waals surface area contributed by atoms with Gasteiger partial charge in [-0.3, -0.25) is 24.6 Å². The molecule has 2 rings (SSSR count). The van der Waals surface area contributed by atoms with Gasteiger partial charge in [-0.25, -0.2) is 0 Å². The van der Waals surface area contributed by atoms with Crippen molar-refractivity contribution in [2.75, 3.05) is 0 Å². The summed E-state index contributed by atoms with van der Waals surface area (Å²) < 4.78 is 1.23. The highest BCUT2D eigenvalue weighted by Gasteiger charge is 2.15. The maximum atomic E-state index is 12.0. The molecule has 8 nitrogen and oxygen atoms in total. The number of nitro groups is 1. The molecule has 2 aromatic rings. The standard InChI is InChI=1S/C13H15N5O3/c1-2-11(12-5-3-4-6-14-12)16-13(19)9-17-8-10(7-15-17)18(20)21/h3-8,11H,2,9H2,1H3,(H,16,19)/t11-/m1/s1. The van der Waals surface area contributed by atoms with Gasteiger partial charge in [-0.2, -0.15) is 5.10 Å². The zero-order valence-corrected chi connectivity index (χ0v) is 11.5. The maximum absolute atomic E-state index is 12.0. The van der Waals surface area contributed by atoms with Crippen molar-refractivity contribution in [2.24, 2.45) is 0 Å². The first-order valence-electron chi connectivity index (χ1n) is 6.47. The Kier molecular flexibility index (Phi) is 4.60. The van der Waals surface area contributed by atoms with Crippen LogP contribution in [0.3, 0.4) is 0 Å². The Hall–Kier alpha value is -2.77. The summed E-state index contributed by atoms with van der Waals surface area (Å²) in [6.07, 6.45) is 4.70. The van der Waals surface area contributed by atoms with Crippen molar-refractivity contribution in [3.63, 3.8) is 0 Å². The third-order valence-corrected chi connectivity index (χ3v) is 2.92. The fraction of sp³-hybridized carbons (Fsp3) is 0.308. The van der Waals surface area contributed by atoms with E-state index in [-0.39, 0.29) is 24.2 Å². The predicted molar refractivity (Wildman–Crippen MR) is 74.3 cm³/mol. The molecule has 0 bridgehead atoms. The van der Waals surface area contributed by atoms with Crippen LogP contribution in [0, 0.1) is 10.1 Å². The van der Waals surface area contributed by atoms with Gasteiger partial charge >= 0.3 is 5.69 Å². The van der Waals surface area contributed by atoms with E-state index in [4.69, 9.17) is 0 Å². The van der Waals surface area contributed by atoms with E-state index in [2.05, 4.69) is 15.4 Å². The first kappa shape index (κ1) is 14.6. The fourth-order valence-corrected chi connectivity index (χ4v) is 1.89. The van der Waals surface area contributed by atoms with E-state index in [0.29, 0.717) is 6.42 Å². The van der Waals surface area contributed by atoms with E-state index in [0.717, 1.165) is 11.9 Å². The summed E-state index contributed by atoms with van der Waals surface area (Å²) in [5.41, 5.74) is 0.638. The minimum Gasteiger partial charge on any atom is -0.346 e. The number of pyridine rings is 1. The Labute approximate surface area is 121 Å². The largest absolute Gasteiger partial charge is 0.346 e. The molecule has 1 N–H and O–H groups in total. The lowest BCUT2D eigenvalue weighted by molar-refractivity contribution is -0.385. The van der Waals surface area contributed by atoms with E-state index in [1.807, 2.05) is 19.1 Å². The lowest BCUT2D eigenvalue weighted by Gasteiger charge is -2.16. The van der Waals surface area contributed by atoms with Crippen molar-refractivity contribution in [1.29, 1.82) is 0 Å². The molecule has 2 heterocycles. The zero-order valence-electron chi connectivity index (χ0n) is 11.5. The molecule has 0 aliphatic carbocycles. The Balaban J connectivity index is 1.98. The average molecular weight is 289 g/mol. The van der Waals surface area contributed by atoms with Gasteiger partial charge in [0.25, 0.3) is 0 Å². The third-order valence-electron chi connectivity index (χ3n) is 2.92. The Morgan fingerprint density at radius 2 is 2.33 bits per heavy atom. The van der Waals surface area contributed by atoms with Crippen molar-refractivity contribution in [1.82, 2.24) is 20.1 Å². The second kappa shape index (κ2) is 6.60. The predicted octanol–water partition coefficient (Wildman–Crippen LogP) is 1.45. The molecule has 0 aliphatic heterocycles. The Bertz CT molecular complexity index is 626. The number of rotatable bonds is 6. The van der Waals surface area contributed by atoms with Crippen molar-refractivity contribution >= 4 is 11.6 Å². The number of aromatic nitrogens is 3. The number of carbonyl (C=O) groups excluding carboxylic acids is 1. The van der Waals surface area contributed by atoms with Crippen LogP contribution in [0.1, 0.15) is 25.1 Å². The summed E-state index contributed by atoms with van der Waals surface area (Å²) in [6.45, 7) is 1.87. The smallest absolute Gasteiger partial charge is 0.307 e. The summed E-state index contributed by atoms with van der Waals surface area (Å²) in [5.74, 6) is -0.273. The minimum atomic E-state index is -0.551. The summed E-state index contributed by atoms with van der Waals surface area (Å²) in [5, 5.41) is 17.2. The molecule has 0 saturated heterocycles. The van der Waals surface area contributed by atoms with Gasteiger partial charge in [-0.15, -0.1) is 0 Å². The van der Waals surface area contributed by atoms with Crippen molar-refractivity contribution in [2.45, 2.75) is 25.9 Å². The molecular weight excluding hydrogens is 274 g/mol. The Morgan fingerprint density at radius 3 is 2.90 bits per heavy atom. The second-order valence-corrected chi connectivity index (χ2v) is 4.44. The average Bonchev–Trinajstić information content (AvgIpc) is 2.94. The van der Waals surface area contributed by atoms with Crippen molar-refractivity contribution < 1.29 is 9.72 Å². The molecule has 8 heteroatoms. The quantitative estimate of drug-likeness (QED) is 0.640. The van der Waals surface area contributed by atoms with Gasteiger partial charge in [0.1, 0.15) is 18.9 Å². The normalized spacial score (nSPS) is 11.9. The van der Waals surface area contributed by atoms with Gasteiger partial charge in [0, 0.05) is 6.20 Å². The van der Waals surface area contributed by atoms with Gasteiger partial charge in [0.2, 0.25) is 5.91 Å². The molecule has 0 spiro atoms. The molecule has 21 heavy (non-hydrogen) atoms. The molecule has 0 saturated carbocycles. The minimum absolute atomic E-state index is 0.0722. The second-order valence-electron chi connectivity index (χ2n) is 4.44. The first-order chi connectivity index (χ1) is 10.1. The van der Waals surface area contributed by atoms with Crippen LogP contribution in [-0.2, 0) is 11.3 Å². The lowest BCUT2D eigenvalue weighted by atomic mass is 10.1. The van der Waals surface area contributed by atoms with Crippen LogP contribution < -0.4 is 5.32 Å². The molecule has 2 aromatic heterocycles. The molecule has 0 unspecified atom stereocenters. The van der Waals surface area contributed by atoms with E-state index in [1.165, 1.54) is 10.9 Å². The number of hydrogen-bond acceptors (Lipinski definition) is 5. The molecule has 110 valence electrons. The first-order valence-corrected chi connectivity index (χ1v) is 6.47. The van der Waals surface area contributed by atoms with Crippen LogP contribution in [0.25, 0.3) is 0 Å². The Morgan fingerprint density at radius 1 is 1.52 bits per heavy atom. The molecule has 0 radical (unpaired) electrons. The summed E-state index contributed by atoms with van der Waals surface area (Å²) in [6, 6.07) is 5.31. The van der Waals surface area contributed by atoms with Crippen LogP contribution in [0.4, 0.5) is 5.69 Å². The monoisotopic (exact) mass is 289 g/mol. The number of amides is 1. The molecule has 1 atom stereocenters. The number of hydrogen-bond donors (Lipinski definition) is 1. The van der Waals surface area contributed by atoms with Gasteiger partial charge in [-0.05, 0) is 18.6 Å². The zero-order chi connectivity index (χ0) is 15.2. The summed E-state index contributed by atoms with van der Waals surface area (Å²) in [7, 11) is 0. The number of nitrogens with one attached hydrogen (secondary N) is 1. The summed E-state index contributed by atoms with van der Waals surface area (Å²) in [4.78, 5) is 26.2. The highest BCUT2D eigenvalue weighted by Crippen LogP contribution is 2.13. The van der Waals surface area contributed by atoms with Crippen LogP contribution in [0.5, 0.6) is 0 Å². The van der Waals surface area contributed by atoms with E-state index < -0.39 is 4.92 Å². The van der Waals surface area contributed by atoms with E-state index in [1.54, 1.807) is 12.3 Å². The summed E-state index contributed by atoms with van der Waals surface area (Å²) >= 11 is 0. The third kappa shape index (κ3) is 3.85. The fourth-order valence-electron chi connectivity index (χ4n) is 1.89. The van der Waals surface area contributed by atoms with Crippen molar-refractivity contribution in [3.05, 3.63) is 52.6 Å². The molecule has 1 amide bonds. The molecule has 0 fully saturated rings. The van der Waals surface area contributed by atoms with Gasteiger partial charge < -0.3 is 5.32 Å². The SMILES string of the molecule is CC[C@@H](NC(=O)Cn1cc([N+](=O)[O-])cn1)c1ccccn1. The number of carbonyl (C=O) groups is 1. The molecular formula is C13H15N5O3. The van der Waals surface area contributed by atoms with Gasteiger partial charge in [0.05, 0.1) is 16.7 Å².